The normalized spacial score (nSPS) is 11.4. The van der Waals surface area contributed by atoms with Gasteiger partial charge in [0.05, 0.1) is 0 Å². The third-order valence-electron chi connectivity index (χ3n) is 13.9. The van der Waals surface area contributed by atoms with Gasteiger partial charge in [0, 0.05) is 33.6 Å². The summed E-state index contributed by atoms with van der Waals surface area (Å²) in [6.07, 6.45) is 0. The van der Waals surface area contributed by atoms with E-state index in [9.17, 15) is 0 Å². The molecule has 13 aromatic rings. The van der Waals surface area contributed by atoms with Gasteiger partial charge in [0.25, 0.3) is 0 Å². The van der Waals surface area contributed by atoms with E-state index in [-0.39, 0.29) is 0 Å². The lowest BCUT2D eigenvalue weighted by atomic mass is 9.93. The molecule has 0 amide bonds. The minimum Gasteiger partial charge on any atom is -0.455 e. The van der Waals surface area contributed by atoms with Crippen molar-refractivity contribution in [3.8, 4) is 67.0 Å². The highest BCUT2D eigenvalue weighted by Gasteiger charge is 2.19. The van der Waals surface area contributed by atoms with E-state index < -0.39 is 0 Å². The molecule has 0 saturated heterocycles. The highest BCUT2D eigenvalue weighted by Crippen LogP contribution is 2.43. The second kappa shape index (κ2) is 17.4. The monoisotopic (exact) mass is 891 g/mol. The maximum absolute atomic E-state index is 6.63. The Hall–Kier alpha value is -9.24. The summed E-state index contributed by atoms with van der Waals surface area (Å²) in [5, 5.41) is 8.64. The molecule has 1 heterocycles. The second-order valence-corrected chi connectivity index (χ2v) is 18.1. The molecule has 0 saturated carbocycles. The zero-order valence-corrected chi connectivity index (χ0v) is 38.3. The first-order valence-corrected chi connectivity index (χ1v) is 24.0. The summed E-state index contributed by atoms with van der Waals surface area (Å²) in [6, 6.07) is 98.5. The van der Waals surface area contributed by atoms with Crippen LogP contribution in [0.1, 0.15) is 0 Å². The molecule has 328 valence electrons. The van der Waals surface area contributed by atoms with E-state index in [0.29, 0.717) is 0 Å². The first-order chi connectivity index (χ1) is 34.7. The predicted molar refractivity (Wildman–Crippen MR) is 296 cm³/mol. The Labute approximate surface area is 407 Å². The molecule has 1 aromatic heterocycles. The molecule has 0 unspecified atom stereocenters. The van der Waals surface area contributed by atoms with E-state index >= 15 is 0 Å². The number of rotatable bonds is 9. The molecule has 0 aliphatic heterocycles. The fourth-order valence-electron chi connectivity index (χ4n) is 10.4. The van der Waals surface area contributed by atoms with E-state index in [1.807, 2.05) is 6.07 Å². The summed E-state index contributed by atoms with van der Waals surface area (Å²) in [6.45, 7) is 0. The van der Waals surface area contributed by atoms with E-state index in [1.165, 1.54) is 65.7 Å². The predicted octanol–water partition coefficient (Wildman–Crippen LogP) is 19.4. The van der Waals surface area contributed by atoms with Gasteiger partial charge < -0.3 is 9.32 Å². The van der Waals surface area contributed by atoms with Crippen molar-refractivity contribution in [1.82, 2.24) is 0 Å². The SMILES string of the molecule is c1ccc(-c2c(-c3cccc(-c4ccc(N(c5ccc(-c6cccc(-c7ccc8ccccc8c7)c6)cc5)c5ccc(-c6cc7ccccc7c7ccccc67)cc5)cc4)c3)oc3ccccc23)cc1. The van der Waals surface area contributed by atoms with Crippen LogP contribution in [0.25, 0.3) is 110 Å². The molecule has 0 N–H and O–H groups in total. The Kier molecular flexibility index (Phi) is 10.2. The van der Waals surface area contributed by atoms with Gasteiger partial charge in [0.15, 0.2) is 0 Å². The third kappa shape index (κ3) is 7.49. The quantitative estimate of drug-likeness (QED) is 0.134. The Morgan fingerprint density at radius 2 is 0.700 bits per heavy atom. The van der Waals surface area contributed by atoms with Crippen LogP contribution in [-0.2, 0) is 0 Å². The fourth-order valence-corrected chi connectivity index (χ4v) is 10.4. The molecule has 0 atom stereocenters. The van der Waals surface area contributed by atoms with Gasteiger partial charge in [-0.05, 0) is 149 Å². The summed E-state index contributed by atoms with van der Waals surface area (Å²) in [4.78, 5) is 2.36. The Morgan fingerprint density at radius 3 is 1.37 bits per heavy atom. The lowest BCUT2D eigenvalue weighted by Gasteiger charge is -2.26. The van der Waals surface area contributed by atoms with Crippen LogP contribution in [0, 0.1) is 0 Å². The van der Waals surface area contributed by atoms with E-state index in [1.54, 1.807) is 0 Å². The lowest BCUT2D eigenvalue weighted by molar-refractivity contribution is 0.632. The topological polar surface area (TPSA) is 16.4 Å². The summed E-state index contributed by atoms with van der Waals surface area (Å²) < 4.78 is 6.63. The Morgan fingerprint density at radius 1 is 0.243 bits per heavy atom. The summed E-state index contributed by atoms with van der Waals surface area (Å²) in [7, 11) is 0. The van der Waals surface area contributed by atoms with Gasteiger partial charge >= 0.3 is 0 Å². The molecule has 70 heavy (non-hydrogen) atoms. The maximum atomic E-state index is 6.63. The van der Waals surface area contributed by atoms with Crippen LogP contribution >= 0.6 is 0 Å². The van der Waals surface area contributed by atoms with Crippen LogP contribution in [-0.4, -0.2) is 0 Å². The van der Waals surface area contributed by atoms with Gasteiger partial charge in [-0.25, -0.2) is 0 Å². The highest BCUT2D eigenvalue weighted by atomic mass is 16.3. The average Bonchev–Trinajstić information content (AvgIpc) is 3.84. The van der Waals surface area contributed by atoms with Crippen molar-refractivity contribution in [2.24, 2.45) is 0 Å². The number of para-hydroxylation sites is 1. The average molecular weight is 892 g/mol. The highest BCUT2D eigenvalue weighted by molar-refractivity contribution is 6.14. The fraction of sp³-hybridized carbons (Fsp3) is 0. The number of hydrogen-bond donors (Lipinski definition) is 0. The van der Waals surface area contributed by atoms with Crippen molar-refractivity contribution in [1.29, 1.82) is 0 Å². The molecule has 0 aliphatic carbocycles. The molecular formula is C68H45NO. The summed E-state index contributed by atoms with van der Waals surface area (Å²) >= 11 is 0. The van der Waals surface area contributed by atoms with Gasteiger partial charge in [-0.15, -0.1) is 0 Å². The van der Waals surface area contributed by atoms with E-state index in [0.717, 1.165) is 61.6 Å². The second-order valence-electron chi connectivity index (χ2n) is 18.1. The van der Waals surface area contributed by atoms with E-state index in [4.69, 9.17) is 4.42 Å². The van der Waals surface area contributed by atoms with Crippen molar-refractivity contribution < 1.29 is 4.42 Å². The molecule has 0 bridgehead atoms. The zero-order chi connectivity index (χ0) is 46.4. The smallest absolute Gasteiger partial charge is 0.143 e. The molecule has 2 nitrogen and oxygen atoms in total. The van der Waals surface area contributed by atoms with Gasteiger partial charge in [-0.3, -0.25) is 0 Å². The third-order valence-corrected chi connectivity index (χ3v) is 13.9. The summed E-state index contributed by atoms with van der Waals surface area (Å²) in [5.74, 6) is 0.876. The molecule has 0 aliphatic rings. The number of anilines is 3. The lowest BCUT2D eigenvalue weighted by Crippen LogP contribution is -2.09. The van der Waals surface area contributed by atoms with Crippen molar-refractivity contribution in [2.75, 3.05) is 4.90 Å². The van der Waals surface area contributed by atoms with Gasteiger partial charge in [-0.2, -0.15) is 0 Å². The largest absolute Gasteiger partial charge is 0.455 e. The number of fused-ring (bicyclic) bond motifs is 5. The van der Waals surface area contributed by atoms with Crippen molar-refractivity contribution in [2.45, 2.75) is 0 Å². The Bertz CT molecular complexity index is 4040. The van der Waals surface area contributed by atoms with Crippen molar-refractivity contribution in [3.05, 3.63) is 273 Å². The zero-order valence-electron chi connectivity index (χ0n) is 38.3. The van der Waals surface area contributed by atoms with Crippen LogP contribution in [0.15, 0.2) is 277 Å². The molecule has 12 aromatic carbocycles. The Balaban J connectivity index is 0.871. The first kappa shape index (κ1) is 41.0. The minimum atomic E-state index is 0.876. The van der Waals surface area contributed by atoms with E-state index in [2.05, 4.69) is 272 Å². The molecule has 13 rings (SSSR count). The molecule has 0 radical (unpaired) electrons. The van der Waals surface area contributed by atoms with Gasteiger partial charge in [-0.1, -0.05) is 206 Å². The van der Waals surface area contributed by atoms with Crippen LogP contribution in [0.2, 0.25) is 0 Å². The minimum absolute atomic E-state index is 0.876. The number of nitrogens with zero attached hydrogens (tertiary/aromatic N) is 1. The van der Waals surface area contributed by atoms with Gasteiger partial charge in [0.2, 0.25) is 0 Å². The van der Waals surface area contributed by atoms with Crippen LogP contribution < -0.4 is 4.90 Å². The van der Waals surface area contributed by atoms with Crippen molar-refractivity contribution >= 4 is 60.3 Å². The molecule has 2 heteroatoms. The van der Waals surface area contributed by atoms with Crippen LogP contribution in [0.5, 0.6) is 0 Å². The number of furan rings is 1. The molecule has 0 spiro atoms. The van der Waals surface area contributed by atoms with Crippen LogP contribution in [0.4, 0.5) is 17.1 Å². The standard InChI is InChI=1S/C68H45NO/c1-2-15-50(16-3-1)67-64-26-10-11-27-66(64)70-68(67)57-22-13-20-53(44-57)48-32-38-59(39-33-48)69(60-40-34-49(35-41-60)65-45-56-18-6-7-23-61(56)62-24-8-9-25-63(62)65)58-36-30-47(31-37-58)52-19-12-21-54(42-52)55-29-28-46-14-4-5-17-51(46)43-55/h1-45H. The summed E-state index contributed by atoms with van der Waals surface area (Å²) in [5.41, 5.74) is 16.8. The van der Waals surface area contributed by atoms with Crippen LogP contribution in [0.3, 0.4) is 0 Å². The first-order valence-electron chi connectivity index (χ1n) is 24.0. The number of benzene rings is 12. The number of hydrogen-bond acceptors (Lipinski definition) is 2. The molecule has 0 fully saturated rings. The molecular weight excluding hydrogens is 847 g/mol. The van der Waals surface area contributed by atoms with Crippen molar-refractivity contribution in [3.63, 3.8) is 0 Å². The van der Waals surface area contributed by atoms with Gasteiger partial charge in [0.1, 0.15) is 11.3 Å². The maximum Gasteiger partial charge on any atom is 0.143 e.